The maximum atomic E-state index is 12.2. The van der Waals surface area contributed by atoms with Gasteiger partial charge < -0.3 is 5.32 Å². The molecule has 0 radical (unpaired) electrons. The van der Waals surface area contributed by atoms with E-state index in [1.54, 1.807) is 42.5 Å². The van der Waals surface area contributed by atoms with Crippen LogP contribution in [0.25, 0.3) is 6.08 Å². The van der Waals surface area contributed by atoms with Crippen molar-refractivity contribution in [2.24, 2.45) is 0 Å². The maximum absolute atomic E-state index is 12.2. The summed E-state index contributed by atoms with van der Waals surface area (Å²) in [5.41, 5.74) is 0.936. The number of benzene rings is 2. The third-order valence-electron chi connectivity index (χ3n) is 2.76. The first-order chi connectivity index (χ1) is 10.5. The fourth-order valence-corrected chi connectivity index (χ4v) is 2.44. The minimum Gasteiger partial charge on any atom is -0.321 e. The zero-order chi connectivity index (χ0) is 16.1. The second kappa shape index (κ2) is 7.46. The molecule has 0 heterocycles. The van der Waals surface area contributed by atoms with Gasteiger partial charge in [0, 0.05) is 25.8 Å². The van der Waals surface area contributed by atoms with Crippen LogP contribution in [-0.2, 0) is 4.79 Å². The first-order valence-electron chi connectivity index (χ1n) is 6.14. The summed E-state index contributed by atoms with van der Waals surface area (Å²) >= 11 is 15.4. The largest absolute Gasteiger partial charge is 0.321 e. The lowest BCUT2D eigenvalue weighted by Crippen LogP contribution is -2.13. The van der Waals surface area contributed by atoms with Crippen LogP contribution in [0.3, 0.4) is 0 Å². The molecule has 1 amide bonds. The average molecular weight is 396 g/mol. The molecule has 2 aromatic carbocycles. The first-order valence-corrected chi connectivity index (χ1v) is 7.69. The highest BCUT2D eigenvalue weighted by molar-refractivity contribution is 9.10. The minimum absolute atomic E-state index is 0.0853. The van der Waals surface area contributed by atoms with Crippen molar-refractivity contribution >= 4 is 56.8 Å². The first kappa shape index (κ1) is 16.6. The van der Waals surface area contributed by atoms with E-state index in [1.165, 1.54) is 6.08 Å². The summed E-state index contributed by atoms with van der Waals surface area (Å²) in [4.78, 5) is 12.2. The van der Waals surface area contributed by atoms with Crippen LogP contribution in [0.1, 0.15) is 5.56 Å². The lowest BCUT2D eigenvalue weighted by Gasteiger charge is -2.06. The number of rotatable bonds is 3. The molecule has 22 heavy (non-hydrogen) atoms. The highest BCUT2D eigenvalue weighted by Crippen LogP contribution is 2.27. The molecule has 0 saturated heterocycles. The topological polar surface area (TPSA) is 52.9 Å². The Bertz CT molecular complexity index is 759. The van der Waals surface area contributed by atoms with Crippen LogP contribution in [0.5, 0.6) is 0 Å². The number of carbonyl (C=O) groups is 1. The van der Waals surface area contributed by atoms with Crippen molar-refractivity contribution < 1.29 is 4.79 Å². The smallest absolute Gasteiger partial charge is 0.266 e. The third-order valence-corrected chi connectivity index (χ3v) is 3.94. The fraction of sp³-hybridized carbons (Fsp3) is 0. The zero-order valence-corrected chi connectivity index (χ0v) is 14.2. The Hall–Kier alpha value is -1.80. The van der Waals surface area contributed by atoms with Crippen molar-refractivity contribution in [3.8, 4) is 6.07 Å². The molecule has 1 N–H and O–H groups in total. The van der Waals surface area contributed by atoms with E-state index in [-0.39, 0.29) is 5.57 Å². The van der Waals surface area contributed by atoms with E-state index < -0.39 is 5.91 Å². The molecule has 0 aliphatic carbocycles. The van der Waals surface area contributed by atoms with Gasteiger partial charge in [-0.05, 0) is 42.5 Å². The van der Waals surface area contributed by atoms with Crippen LogP contribution in [0.15, 0.2) is 52.5 Å². The molecule has 0 aromatic heterocycles. The van der Waals surface area contributed by atoms with E-state index in [1.807, 2.05) is 6.07 Å². The Morgan fingerprint density at radius 1 is 1.14 bits per heavy atom. The number of halogens is 3. The van der Waals surface area contributed by atoms with Crippen molar-refractivity contribution in [3.63, 3.8) is 0 Å². The molecule has 0 fully saturated rings. The third kappa shape index (κ3) is 4.11. The summed E-state index contributed by atoms with van der Waals surface area (Å²) in [7, 11) is 0. The number of hydrogen-bond acceptors (Lipinski definition) is 2. The van der Waals surface area contributed by atoms with Crippen LogP contribution in [0.2, 0.25) is 10.0 Å². The summed E-state index contributed by atoms with van der Waals surface area (Å²) in [5, 5.41) is 12.6. The molecule has 3 nitrogen and oxygen atoms in total. The molecule has 2 rings (SSSR count). The van der Waals surface area contributed by atoms with Gasteiger partial charge in [-0.15, -0.1) is 0 Å². The van der Waals surface area contributed by atoms with E-state index >= 15 is 0 Å². The van der Waals surface area contributed by atoms with E-state index in [9.17, 15) is 10.1 Å². The van der Waals surface area contributed by atoms with Crippen LogP contribution < -0.4 is 5.32 Å². The van der Waals surface area contributed by atoms with Gasteiger partial charge in [-0.25, -0.2) is 0 Å². The van der Waals surface area contributed by atoms with Gasteiger partial charge in [0.15, 0.2) is 0 Å². The van der Waals surface area contributed by atoms with Crippen molar-refractivity contribution in [1.29, 1.82) is 5.26 Å². The lowest BCUT2D eigenvalue weighted by molar-refractivity contribution is -0.112. The monoisotopic (exact) mass is 394 g/mol. The number of nitrogens with zero attached hydrogens (tertiary/aromatic N) is 1. The van der Waals surface area contributed by atoms with E-state index in [4.69, 9.17) is 23.2 Å². The summed E-state index contributed by atoms with van der Waals surface area (Å²) in [6, 6.07) is 13.8. The summed E-state index contributed by atoms with van der Waals surface area (Å²) in [5.74, 6) is -0.527. The number of amides is 1. The molecule has 2 aromatic rings. The minimum atomic E-state index is -0.527. The highest BCUT2D eigenvalue weighted by Gasteiger charge is 2.12. The standard InChI is InChI=1S/C16H9BrCl2N2O/c17-11-4-6-12(7-5-11)21-16(22)10(9-20)8-13-14(18)2-1-3-15(13)19/h1-8H,(H,21,22)/b10-8+. The molecular formula is C16H9BrCl2N2O. The molecular weight excluding hydrogens is 387 g/mol. The van der Waals surface area contributed by atoms with Gasteiger partial charge in [-0.3, -0.25) is 4.79 Å². The molecule has 0 saturated carbocycles. The lowest BCUT2D eigenvalue weighted by atomic mass is 10.1. The number of carbonyl (C=O) groups excluding carboxylic acids is 1. The molecule has 110 valence electrons. The predicted molar refractivity (Wildman–Crippen MR) is 92.8 cm³/mol. The Morgan fingerprint density at radius 3 is 2.27 bits per heavy atom. The van der Waals surface area contributed by atoms with Gasteiger partial charge in [0.2, 0.25) is 0 Å². The van der Waals surface area contributed by atoms with E-state index in [0.717, 1.165) is 4.47 Å². The summed E-state index contributed by atoms with van der Waals surface area (Å²) in [6.07, 6.45) is 1.37. The summed E-state index contributed by atoms with van der Waals surface area (Å²) < 4.78 is 0.893. The van der Waals surface area contributed by atoms with Crippen molar-refractivity contribution in [3.05, 3.63) is 68.1 Å². The van der Waals surface area contributed by atoms with Gasteiger partial charge in [-0.2, -0.15) is 5.26 Å². The second-order valence-corrected chi connectivity index (χ2v) is 6.00. The van der Waals surface area contributed by atoms with Crippen molar-refractivity contribution in [1.82, 2.24) is 0 Å². The molecule has 6 heteroatoms. The molecule has 0 spiro atoms. The number of hydrogen-bond donors (Lipinski definition) is 1. The van der Waals surface area contributed by atoms with Gasteiger partial charge in [0.1, 0.15) is 11.6 Å². The molecule has 0 aliphatic rings. The molecule has 0 bridgehead atoms. The quantitative estimate of drug-likeness (QED) is 0.566. The molecule has 0 unspecified atom stereocenters. The van der Waals surface area contributed by atoms with Gasteiger partial charge in [0.25, 0.3) is 5.91 Å². The highest BCUT2D eigenvalue weighted by atomic mass is 79.9. The Balaban J connectivity index is 2.28. The van der Waals surface area contributed by atoms with Crippen LogP contribution in [0, 0.1) is 11.3 Å². The van der Waals surface area contributed by atoms with E-state index in [0.29, 0.717) is 21.3 Å². The zero-order valence-electron chi connectivity index (χ0n) is 11.1. The van der Waals surface area contributed by atoms with E-state index in [2.05, 4.69) is 21.2 Å². The van der Waals surface area contributed by atoms with Crippen LogP contribution in [0.4, 0.5) is 5.69 Å². The Morgan fingerprint density at radius 2 is 1.73 bits per heavy atom. The summed E-state index contributed by atoms with van der Waals surface area (Å²) in [6.45, 7) is 0. The fourth-order valence-electron chi connectivity index (χ4n) is 1.67. The van der Waals surface area contributed by atoms with Crippen LogP contribution in [-0.4, -0.2) is 5.91 Å². The molecule has 0 aliphatic heterocycles. The van der Waals surface area contributed by atoms with Gasteiger partial charge in [-0.1, -0.05) is 45.2 Å². The number of nitriles is 1. The second-order valence-electron chi connectivity index (χ2n) is 4.27. The van der Waals surface area contributed by atoms with Crippen LogP contribution >= 0.6 is 39.1 Å². The van der Waals surface area contributed by atoms with Crippen molar-refractivity contribution in [2.75, 3.05) is 5.32 Å². The Kier molecular flexibility index (Phi) is 5.62. The molecule has 0 atom stereocenters. The average Bonchev–Trinajstić information content (AvgIpc) is 2.49. The number of anilines is 1. The number of nitrogens with one attached hydrogen (secondary N) is 1. The Labute approximate surface area is 146 Å². The normalized spacial score (nSPS) is 10.9. The van der Waals surface area contributed by atoms with Crippen molar-refractivity contribution in [2.45, 2.75) is 0 Å². The van der Waals surface area contributed by atoms with Gasteiger partial charge in [0.05, 0.1) is 0 Å². The van der Waals surface area contributed by atoms with Gasteiger partial charge >= 0.3 is 0 Å². The predicted octanol–water partition coefficient (Wildman–Crippen LogP) is 5.30. The SMILES string of the molecule is N#C/C(=C\c1c(Cl)cccc1Cl)C(=O)Nc1ccc(Br)cc1. The maximum Gasteiger partial charge on any atom is 0.266 e.